The SMILES string of the molecule is COc1cc2c(cc1OC)C(Cc1ccccc1CC(=O)O)=NCC2. The van der Waals surface area contributed by atoms with Gasteiger partial charge in [0.2, 0.25) is 0 Å². The second-order valence-corrected chi connectivity index (χ2v) is 5.96. The van der Waals surface area contributed by atoms with Crippen molar-refractivity contribution >= 4 is 11.7 Å². The van der Waals surface area contributed by atoms with Gasteiger partial charge in [-0.1, -0.05) is 24.3 Å². The van der Waals surface area contributed by atoms with E-state index in [0.29, 0.717) is 17.9 Å². The molecule has 5 nitrogen and oxygen atoms in total. The quantitative estimate of drug-likeness (QED) is 0.879. The van der Waals surface area contributed by atoms with Gasteiger partial charge in [-0.2, -0.15) is 0 Å². The van der Waals surface area contributed by atoms with Crippen LogP contribution >= 0.6 is 0 Å². The molecule has 0 aliphatic carbocycles. The molecule has 1 heterocycles. The highest BCUT2D eigenvalue weighted by Crippen LogP contribution is 2.33. The summed E-state index contributed by atoms with van der Waals surface area (Å²) in [4.78, 5) is 15.8. The van der Waals surface area contributed by atoms with Crippen molar-refractivity contribution in [2.24, 2.45) is 4.99 Å². The van der Waals surface area contributed by atoms with E-state index in [0.717, 1.165) is 35.4 Å². The second kappa shape index (κ2) is 7.38. The van der Waals surface area contributed by atoms with Crippen molar-refractivity contribution in [3.63, 3.8) is 0 Å². The van der Waals surface area contributed by atoms with Crippen LogP contribution in [-0.4, -0.2) is 37.6 Å². The van der Waals surface area contributed by atoms with Crippen LogP contribution in [0.2, 0.25) is 0 Å². The van der Waals surface area contributed by atoms with Crippen molar-refractivity contribution in [1.29, 1.82) is 0 Å². The lowest BCUT2D eigenvalue weighted by atomic mass is 9.91. The van der Waals surface area contributed by atoms with Gasteiger partial charge in [0.15, 0.2) is 11.5 Å². The molecule has 0 aromatic heterocycles. The lowest BCUT2D eigenvalue weighted by Crippen LogP contribution is -2.17. The summed E-state index contributed by atoms with van der Waals surface area (Å²) in [7, 11) is 3.25. The first-order valence-corrected chi connectivity index (χ1v) is 8.19. The Balaban J connectivity index is 1.96. The molecule has 1 aliphatic heterocycles. The maximum absolute atomic E-state index is 11.1. The number of carbonyl (C=O) groups is 1. The number of hydrogen-bond donors (Lipinski definition) is 1. The predicted octanol–water partition coefficient (Wildman–Crippen LogP) is 2.92. The first kappa shape index (κ1) is 17.0. The zero-order valence-corrected chi connectivity index (χ0v) is 14.4. The zero-order valence-electron chi connectivity index (χ0n) is 14.4. The Hall–Kier alpha value is -2.82. The number of nitrogens with zero attached hydrogens (tertiary/aromatic N) is 1. The van der Waals surface area contributed by atoms with Gasteiger partial charge in [0.25, 0.3) is 0 Å². The van der Waals surface area contributed by atoms with Crippen LogP contribution in [0.4, 0.5) is 0 Å². The number of carboxylic acids is 1. The van der Waals surface area contributed by atoms with Crippen molar-refractivity contribution in [2.45, 2.75) is 19.3 Å². The number of benzene rings is 2. The van der Waals surface area contributed by atoms with Gasteiger partial charge in [0, 0.05) is 24.2 Å². The second-order valence-electron chi connectivity index (χ2n) is 5.96. The molecule has 1 N–H and O–H groups in total. The summed E-state index contributed by atoms with van der Waals surface area (Å²) in [6.45, 7) is 0.721. The number of methoxy groups -OCH3 is 2. The van der Waals surface area contributed by atoms with Crippen molar-refractivity contribution in [2.75, 3.05) is 20.8 Å². The average Bonchev–Trinajstić information content (AvgIpc) is 2.62. The van der Waals surface area contributed by atoms with Crippen LogP contribution in [0.5, 0.6) is 11.5 Å². The van der Waals surface area contributed by atoms with E-state index < -0.39 is 5.97 Å². The molecule has 2 aromatic carbocycles. The zero-order chi connectivity index (χ0) is 17.8. The number of hydrogen-bond acceptors (Lipinski definition) is 4. The van der Waals surface area contributed by atoms with Crippen LogP contribution < -0.4 is 9.47 Å². The van der Waals surface area contributed by atoms with Crippen LogP contribution in [0, 0.1) is 0 Å². The van der Waals surface area contributed by atoms with Crippen molar-refractivity contribution < 1.29 is 19.4 Å². The summed E-state index contributed by atoms with van der Waals surface area (Å²) in [5.41, 5.74) is 5.00. The molecule has 0 fully saturated rings. The Morgan fingerprint density at radius 3 is 2.48 bits per heavy atom. The van der Waals surface area contributed by atoms with Gasteiger partial charge in [-0.05, 0) is 35.2 Å². The largest absolute Gasteiger partial charge is 0.493 e. The van der Waals surface area contributed by atoms with Crippen molar-refractivity contribution in [3.8, 4) is 11.5 Å². The third kappa shape index (κ3) is 3.65. The van der Waals surface area contributed by atoms with Crippen LogP contribution in [0.25, 0.3) is 0 Å². The van der Waals surface area contributed by atoms with Gasteiger partial charge >= 0.3 is 5.97 Å². The minimum Gasteiger partial charge on any atom is -0.493 e. The lowest BCUT2D eigenvalue weighted by molar-refractivity contribution is -0.136. The minimum absolute atomic E-state index is 0.0161. The summed E-state index contributed by atoms with van der Waals surface area (Å²) in [6, 6.07) is 11.6. The standard InChI is InChI=1S/C20H21NO4/c1-24-18-10-15-7-8-21-17(16(15)12-19(18)25-2)9-13-5-3-4-6-14(13)11-20(22)23/h3-6,10,12H,7-9,11H2,1-2H3,(H,22,23). The number of fused-ring (bicyclic) bond motifs is 1. The summed E-state index contributed by atoms with van der Waals surface area (Å²) >= 11 is 0. The van der Waals surface area contributed by atoms with Gasteiger partial charge < -0.3 is 14.6 Å². The Morgan fingerprint density at radius 2 is 1.80 bits per heavy atom. The van der Waals surface area contributed by atoms with Gasteiger partial charge in [0.1, 0.15) is 0 Å². The Morgan fingerprint density at radius 1 is 1.12 bits per heavy atom. The Bertz CT molecular complexity index is 826. The fourth-order valence-corrected chi connectivity index (χ4v) is 3.19. The summed E-state index contributed by atoms with van der Waals surface area (Å²) < 4.78 is 10.8. The summed E-state index contributed by atoms with van der Waals surface area (Å²) in [5, 5.41) is 9.12. The van der Waals surface area contributed by atoms with E-state index in [2.05, 4.69) is 0 Å². The van der Waals surface area contributed by atoms with Crippen molar-refractivity contribution in [3.05, 3.63) is 58.7 Å². The molecular formula is C20H21NO4. The van der Waals surface area contributed by atoms with E-state index in [1.54, 1.807) is 14.2 Å². The molecule has 0 saturated carbocycles. The molecule has 3 rings (SSSR count). The van der Waals surface area contributed by atoms with Crippen molar-refractivity contribution in [1.82, 2.24) is 0 Å². The van der Waals surface area contributed by atoms with E-state index in [1.165, 1.54) is 5.56 Å². The molecular weight excluding hydrogens is 318 g/mol. The number of aliphatic carboxylic acids is 1. The molecule has 25 heavy (non-hydrogen) atoms. The Kier molecular flexibility index (Phi) is 5.03. The van der Waals surface area contributed by atoms with E-state index in [4.69, 9.17) is 19.6 Å². The molecule has 0 unspecified atom stereocenters. The Labute approximate surface area is 146 Å². The fourth-order valence-electron chi connectivity index (χ4n) is 3.19. The molecule has 1 aliphatic rings. The number of rotatable bonds is 6. The monoisotopic (exact) mass is 339 g/mol. The maximum atomic E-state index is 11.1. The molecule has 130 valence electrons. The van der Waals surface area contributed by atoms with Gasteiger partial charge in [-0.25, -0.2) is 0 Å². The van der Waals surface area contributed by atoms with E-state index in [1.807, 2.05) is 36.4 Å². The molecule has 0 amide bonds. The molecule has 0 atom stereocenters. The fraction of sp³-hybridized carbons (Fsp3) is 0.300. The molecule has 0 bridgehead atoms. The average molecular weight is 339 g/mol. The smallest absolute Gasteiger partial charge is 0.307 e. The first-order valence-electron chi connectivity index (χ1n) is 8.19. The number of carboxylic acid groups (broad SMARTS) is 1. The van der Waals surface area contributed by atoms with Gasteiger partial charge in [-0.15, -0.1) is 0 Å². The topological polar surface area (TPSA) is 68.1 Å². The van der Waals surface area contributed by atoms with Gasteiger partial charge in [-0.3, -0.25) is 9.79 Å². The summed E-state index contributed by atoms with van der Waals surface area (Å²) in [6.07, 6.45) is 1.48. The number of aliphatic imine (C=N–C) groups is 1. The van der Waals surface area contributed by atoms with Crippen LogP contribution in [0.15, 0.2) is 41.4 Å². The third-order valence-electron chi connectivity index (χ3n) is 4.42. The predicted molar refractivity (Wildman–Crippen MR) is 96.1 cm³/mol. The lowest BCUT2D eigenvalue weighted by Gasteiger charge is -2.20. The molecule has 5 heteroatoms. The normalized spacial score (nSPS) is 13.0. The van der Waals surface area contributed by atoms with E-state index in [-0.39, 0.29) is 6.42 Å². The van der Waals surface area contributed by atoms with Crippen LogP contribution in [0.3, 0.4) is 0 Å². The van der Waals surface area contributed by atoms with E-state index >= 15 is 0 Å². The minimum atomic E-state index is -0.829. The molecule has 0 radical (unpaired) electrons. The molecule has 0 saturated heterocycles. The highest BCUT2D eigenvalue weighted by molar-refractivity contribution is 6.04. The molecule has 2 aromatic rings. The number of ether oxygens (including phenoxy) is 2. The highest BCUT2D eigenvalue weighted by atomic mass is 16.5. The summed E-state index contributed by atoms with van der Waals surface area (Å²) in [5.74, 6) is 0.563. The highest BCUT2D eigenvalue weighted by Gasteiger charge is 2.19. The van der Waals surface area contributed by atoms with Crippen LogP contribution in [-0.2, 0) is 24.1 Å². The first-order chi connectivity index (χ1) is 12.1. The van der Waals surface area contributed by atoms with Gasteiger partial charge in [0.05, 0.1) is 20.6 Å². The van der Waals surface area contributed by atoms with Crippen LogP contribution in [0.1, 0.15) is 22.3 Å². The van der Waals surface area contributed by atoms with E-state index in [9.17, 15) is 4.79 Å². The maximum Gasteiger partial charge on any atom is 0.307 e. The third-order valence-corrected chi connectivity index (χ3v) is 4.42. The molecule has 0 spiro atoms.